The van der Waals surface area contributed by atoms with Gasteiger partial charge in [-0.25, -0.2) is 9.37 Å². The maximum absolute atomic E-state index is 13.5. The highest BCUT2D eigenvalue weighted by Gasteiger charge is 2.16. The molecule has 0 bridgehead atoms. The summed E-state index contributed by atoms with van der Waals surface area (Å²) in [6.07, 6.45) is 7.82. The third-order valence-corrected chi connectivity index (χ3v) is 7.05. The first-order valence-electron chi connectivity index (χ1n) is 13.5. The summed E-state index contributed by atoms with van der Waals surface area (Å²) in [7, 11) is 0. The molecule has 0 unspecified atom stereocenters. The Balaban J connectivity index is 1.30. The van der Waals surface area contributed by atoms with Gasteiger partial charge in [0.1, 0.15) is 11.5 Å². The van der Waals surface area contributed by atoms with Crippen LogP contribution in [-0.2, 0) is 6.54 Å². The molecule has 0 atom stereocenters. The van der Waals surface area contributed by atoms with Crippen LogP contribution in [0.1, 0.15) is 18.2 Å². The fourth-order valence-electron chi connectivity index (χ4n) is 4.90. The van der Waals surface area contributed by atoms with Crippen LogP contribution in [0.15, 0.2) is 115 Å². The van der Waals surface area contributed by atoms with Crippen molar-refractivity contribution in [2.24, 2.45) is 0 Å². The number of allylic oxidation sites excluding steroid dienone is 3. The summed E-state index contributed by atoms with van der Waals surface area (Å²) in [6, 6.07) is 24.7. The van der Waals surface area contributed by atoms with Crippen LogP contribution < -0.4 is 5.32 Å². The van der Waals surface area contributed by atoms with Gasteiger partial charge in [0.25, 0.3) is 0 Å². The summed E-state index contributed by atoms with van der Waals surface area (Å²) < 4.78 is 13.5. The van der Waals surface area contributed by atoms with E-state index in [9.17, 15) is 4.39 Å². The van der Waals surface area contributed by atoms with Gasteiger partial charge < -0.3 is 10.3 Å². The number of aromatic amines is 2. The maximum Gasteiger partial charge on any atom is 0.159 e. The predicted molar refractivity (Wildman–Crippen MR) is 164 cm³/mol. The summed E-state index contributed by atoms with van der Waals surface area (Å²) in [6.45, 7) is 7.48. The first kappa shape index (κ1) is 26.1. The lowest BCUT2D eigenvalue weighted by Crippen LogP contribution is -2.16. The monoisotopic (exact) mass is 540 g/mol. The number of benzene rings is 3. The Bertz CT molecular complexity index is 1900. The molecule has 6 rings (SSSR count). The number of hydrogen-bond donors (Lipinski definition) is 3. The Morgan fingerprint density at radius 2 is 1.83 bits per heavy atom. The van der Waals surface area contributed by atoms with E-state index in [4.69, 9.17) is 9.97 Å². The van der Waals surface area contributed by atoms with Crippen LogP contribution >= 0.6 is 0 Å². The molecule has 6 nitrogen and oxygen atoms in total. The minimum Gasteiger partial charge on any atom is -0.337 e. The summed E-state index contributed by atoms with van der Waals surface area (Å²) in [5.41, 5.74) is 9.13. The third kappa shape index (κ3) is 5.48. The Kier molecular flexibility index (Phi) is 7.34. The van der Waals surface area contributed by atoms with Gasteiger partial charge in [-0.1, -0.05) is 73.3 Å². The van der Waals surface area contributed by atoms with Gasteiger partial charge >= 0.3 is 0 Å². The molecular formula is C34H29FN6. The van der Waals surface area contributed by atoms with Crippen molar-refractivity contribution in [3.63, 3.8) is 0 Å². The highest BCUT2D eigenvalue weighted by atomic mass is 19.1. The van der Waals surface area contributed by atoms with Gasteiger partial charge in [-0.05, 0) is 59.5 Å². The summed E-state index contributed by atoms with van der Waals surface area (Å²) in [5.74, 6) is 0.377. The Morgan fingerprint density at radius 3 is 2.61 bits per heavy atom. The molecule has 6 aromatic rings. The van der Waals surface area contributed by atoms with E-state index in [1.54, 1.807) is 18.3 Å². The largest absolute Gasteiger partial charge is 0.337 e. The van der Waals surface area contributed by atoms with E-state index in [2.05, 4.69) is 45.3 Å². The molecule has 0 saturated heterocycles. The number of pyridine rings is 1. The van der Waals surface area contributed by atoms with E-state index in [-0.39, 0.29) is 5.82 Å². The fraction of sp³-hybridized carbons (Fsp3) is 0.0882. The van der Waals surface area contributed by atoms with Crippen molar-refractivity contribution in [2.45, 2.75) is 13.5 Å². The molecule has 41 heavy (non-hydrogen) atoms. The Hall–Kier alpha value is -5.14. The smallest absolute Gasteiger partial charge is 0.159 e. The number of H-pyrrole nitrogens is 2. The molecule has 3 heterocycles. The lowest BCUT2D eigenvalue weighted by Gasteiger charge is -2.08. The standard InChI is InChI=1S/C34H29FN6/c1-3-22(19-36-20-23-9-6-5-7-10-23)17-24(4-2)30-18-28-31(21-37-30)40-41-33(28)34-38-29-12-8-11-27(32(29)39-34)25-13-15-26(35)16-14-25/h3-18,21,36H,1,19-20H2,2H3,(H,38,39)(H,40,41)/b22-17+,24-4+. The molecule has 3 aromatic heterocycles. The van der Waals surface area contributed by atoms with Gasteiger partial charge in [0.2, 0.25) is 0 Å². The molecule has 7 heteroatoms. The van der Waals surface area contributed by atoms with Crippen LogP contribution in [0.4, 0.5) is 4.39 Å². The molecule has 0 spiro atoms. The van der Waals surface area contributed by atoms with Gasteiger partial charge in [-0.2, -0.15) is 5.10 Å². The van der Waals surface area contributed by atoms with Gasteiger partial charge in [0.15, 0.2) is 5.82 Å². The average molecular weight is 541 g/mol. The zero-order valence-corrected chi connectivity index (χ0v) is 22.7. The Labute approximate surface area is 237 Å². The lowest BCUT2D eigenvalue weighted by atomic mass is 10.0. The zero-order valence-electron chi connectivity index (χ0n) is 22.7. The third-order valence-electron chi connectivity index (χ3n) is 7.05. The number of aromatic nitrogens is 5. The van der Waals surface area contributed by atoms with Crippen molar-refractivity contribution in [3.05, 3.63) is 133 Å². The molecule has 0 aliphatic heterocycles. The molecule has 0 fully saturated rings. The van der Waals surface area contributed by atoms with E-state index in [1.165, 1.54) is 17.7 Å². The predicted octanol–water partition coefficient (Wildman–Crippen LogP) is 7.61. The van der Waals surface area contributed by atoms with E-state index in [0.717, 1.165) is 56.4 Å². The fourth-order valence-corrected chi connectivity index (χ4v) is 4.90. The van der Waals surface area contributed by atoms with Crippen molar-refractivity contribution in [1.29, 1.82) is 0 Å². The SMILES string of the molecule is C=C/C(=C\C(=C/C)c1cc2c(-c3nc4c(-c5ccc(F)cc5)cccc4[nH]3)n[nH]c2cn1)CNCc1ccccc1. The number of nitrogens with one attached hydrogen (secondary N) is 3. The van der Waals surface area contributed by atoms with Crippen LogP contribution in [0, 0.1) is 5.82 Å². The van der Waals surface area contributed by atoms with Crippen molar-refractivity contribution in [1.82, 2.24) is 30.5 Å². The molecule has 0 aliphatic rings. The van der Waals surface area contributed by atoms with Gasteiger partial charge in [-0.3, -0.25) is 10.1 Å². The number of halogens is 1. The van der Waals surface area contributed by atoms with Crippen LogP contribution in [0.3, 0.4) is 0 Å². The van der Waals surface area contributed by atoms with Crippen molar-refractivity contribution in [3.8, 4) is 22.6 Å². The number of nitrogens with zero attached hydrogens (tertiary/aromatic N) is 3. The molecule has 202 valence electrons. The maximum atomic E-state index is 13.5. The normalized spacial score (nSPS) is 12.3. The van der Waals surface area contributed by atoms with Crippen molar-refractivity contribution >= 4 is 27.5 Å². The summed E-state index contributed by atoms with van der Waals surface area (Å²) in [4.78, 5) is 13.0. The summed E-state index contributed by atoms with van der Waals surface area (Å²) >= 11 is 0. The number of imidazole rings is 1. The lowest BCUT2D eigenvalue weighted by molar-refractivity contribution is 0.628. The van der Waals surface area contributed by atoms with Crippen LogP contribution in [0.5, 0.6) is 0 Å². The first-order valence-corrected chi connectivity index (χ1v) is 13.5. The minimum atomic E-state index is -0.268. The first-order chi connectivity index (χ1) is 20.1. The van der Waals surface area contributed by atoms with Gasteiger partial charge in [0.05, 0.1) is 28.4 Å². The minimum absolute atomic E-state index is 0.268. The van der Waals surface area contributed by atoms with Crippen LogP contribution in [0.2, 0.25) is 0 Å². The second-order valence-electron chi connectivity index (χ2n) is 9.74. The molecule has 3 aromatic carbocycles. The Morgan fingerprint density at radius 1 is 1.00 bits per heavy atom. The average Bonchev–Trinajstić information content (AvgIpc) is 3.64. The number of rotatable bonds is 9. The molecule has 0 aliphatic carbocycles. The number of fused-ring (bicyclic) bond motifs is 2. The molecule has 3 N–H and O–H groups in total. The zero-order chi connectivity index (χ0) is 28.2. The quantitative estimate of drug-likeness (QED) is 0.165. The highest BCUT2D eigenvalue weighted by molar-refractivity contribution is 5.97. The number of para-hydroxylation sites is 1. The van der Waals surface area contributed by atoms with Crippen molar-refractivity contribution in [2.75, 3.05) is 6.54 Å². The van der Waals surface area contributed by atoms with Gasteiger partial charge in [0, 0.05) is 24.0 Å². The topological polar surface area (TPSA) is 82.3 Å². The molecule has 0 saturated carbocycles. The van der Waals surface area contributed by atoms with Crippen LogP contribution in [0.25, 0.3) is 50.2 Å². The van der Waals surface area contributed by atoms with E-state index in [1.807, 2.05) is 61.5 Å². The second kappa shape index (κ2) is 11.5. The highest BCUT2D eigenvalue weighted by Crippen LogP contribution is 2.32. The van der Waals surface area contributed by atoms with Crippen LogP contribution in [-0.4, -0.2) is 31.7 Å². The molecule has 0 radical (unpaired) electrons. The molecule has 0 amide bonds. The second-order valence-corrected chi connectivity index (χ2v) is 9.74. The van der Waals surface area contributed by atoms with E-state index < -0.39 is 0 Å². The van der Waals surface area contributed by atoms with Crippen molar-refractivity contribution < 1.29 is 4.39 Å². The molecular weight excluding hydrogens is 511 g/mol. The van der Waals surface area contributed by atoms with E-state index in [0.29, 0.717) is 18.1 Å². The number of hydrogen-bond acceptors (Lipinski definition) is 4. The summed E-state index contributed by atoms with van der Waals surface area (Å²) in [5, 5.41) is 12.1. The van der Waals surface area contributed by atoms with Gasteiger partial charge in [-0.15, -0.1) is 0 Å². The van der Waals surface area contributed by atoms with E-state index >= 15 is 0 Å².